The summed E-state index contributed by atoms with van der Waals surface area (Å²) in [6, 6.07) is 5.46. The van der Waals surface area contributed by atoms with Gasteiger partial charge in [0.15, 0.2) is 0 Å². The Morgan fingerprint density at radius 2 is 2.05 bits per heavy atom. The number of aliphatic carboxylic acids is 1. The topological polar surface area (TPSA) is 113 Å². The van der Waals surface area contributed by atoms with Crippen LogP contribution in [0.2, 0.25) is 0 Å². The van der Waals surface area contributed by atoms with Gasteiger partial charge >= 0.3 is 12.0 Å². The summed E-state index contributed by atoms with van der Waals surface area (Å²) in [4.78, 5) is 33.7. The Hall–Kier alpha value is -2.64. The molecule has 1 aromatic carbocycles. The lowest BCUT2D eigenvalue weighted by Gasteiger charge is -2.19. The summed E-state index contributed by atoms with van der Waals surface area (Å²) in [5.41, 5.74) is 0.270. The molecule has 108 valence electrons. The number of urea groups is 1. The Kier molecular flexibility index (Phi) is 5.45. The van der Waals surface area contributed by atoms with Crippen molar-refractivity contribution in [3.8, 4) is 0 Å². The second kappa shape index (κ2) is 7.07. The van der Waals surface area contributed by atoms with Crippen LogP contribution in [0, 0.1) is 10.1 Å². The molecule has 1 aromatic rings. The average molecular weight is 281 g/mol. The van der Waals surface area contributed by atoms with Crippen LogP contribution in [0.25, 0.3) is 0 Å². The number of hydrogen-bond donors (Lipinski definition) is 2. The Bertz CT molecular complexity index is 518. The number of hydrogen-bond acceptors (Lipinski definition) is 4. The lowest BCUT2D eigenvalue weighted by molar-refractivity contribution is -0.385. The summed E-state index contributed by atoms with van der Waals surface area (Å²) < 4.78 is 0. The molecule has 0 radical (unpaired) electrons. The third kappa shape index (κ3) is 4.23. The fourth-order valence-corrected chi connectivity index (χ4v) is 1.61. The first-order valence-corrected chi connectivity index (χ1v) is 5.92. The molecule has 1 rings (SSSR count). The highest BCUT2D eigenvalue weighted by Gasteiger charge is 2.17. The zero-order valence-electron chi connectivity index (χ0n) is 10.9. The minimum absolute atomic E-state index is 0.0356. The van der Waals surface area contributed by atoms with Crippen LogP contribution in [0.1, 0.15) is 12.5 Å². The van der Waals surface area contributed by atoms with Crippen molar-refractivity contribution in [1.82, 2.24) is 10.2 Å². The Balaban J connectivity index is 2.69. The summed E-state index contributed by atoms with van der Waals surface area (Å²) in [5, 5.41) is 21.9. The molecule has 20 heavy (non-hydrogen) atoms. The Labute approximate surface area is 115 Å². The smallest absolute Gasteiger partial charge is 0.323 e. The van der Waals surface area contributed by atoms with Gasteiger partial charge in [0, 0.05) is 18.2 Å². The molecule has 0 aliphatic rings. The van der Waals surface area contributed by atoms with E-state index in [1.54, 1.807) is 13.0 Å². The molecule has 8 nitrogen and oxygen atoms in total. The van der Waals surface area contributed by atoms with Crippen LogP contribution in [0.15, 0.2) is 24.3 Å². The minimum Gasteiger partial charge on any atom is -0.480 e. The van der Waals surface area contributed by atoms with Crippen LogP contribution in [-0.2, 0) is 11.3 Å². The van der Waals surface area contributed by atoms with Crippen LogP contribution >= 0.6 is 0 Å². The van der Waals surface area contributed by atoms with E-state index in [1.165, 1.54) is 18.2 Å². The van der Waals surface area contributed by atoms with Gasteiger partial charge in [0.1, 0.15) is 6.54 Å². The summed E-state index contributed by atoms with van der Waals surface area (Å²) in [5.74, 6) is -1.12. The molecule has 0 unspecified atom stereocenters. The molecule has 2 amide bonds. The van der Waals surface area contributed by atoms with Crippen molar-refractivity contribution in [3.05, 3.63) is 39.9 Å². The summed E-state index contributed by atoms with van der Waals surface area (Å²) in [6.07, 6.45) is 0. The number of amides is 2. The van der Waals surface area contributed by atoms with Crippen LogP contribution in [0.5, 0.6) is 0 Å². The Morgan fingerprint density at radius 3 is 2.60 bits per heavy atom. The van der Waals surface area contributed by atoms with E-state index in [-0.39, 0.29) is 18.8 Å². The second-order valence-electron chi connectivity index (χ2n) is 3.95. The first kappa shape index (κ1) is 15.4. The third-order valence-electron chi connectivity index (χ3n) is 2.61. The zero-order valence-corrected chi connectivity index (χ0v) is 10.9. The van der Waals surface area contributed by atoms with E-state index in [2.05, 4.69) is 5.32 Å². The number of nitrogens with one attached hydrogen (secondary N) is 1. The SMILES string of the molecule is CCN(CC(=O)O)C(=O)NCc1ccccc1[N+](=O)[O-]. The minimum atomic E-state index is -1.12. The van der Waals surface area contributed by atoms with Crippen molar-refractivity contribution in [2.24, 2.45) is 0 Å². The van der Waals surface area contributed by atoms with Crippen molar-refractivity contribution in [2.75, 3.05) is 13.1 Å². The number of carbonyl (C=O) groups excluding carboxylic acids is 1. The highest BCUT2D eigenvalue weighted by Crippen LogP contribution is 2.17. The van der Waals surface area contributed by atoms with E-state index < -0.39 is 23.5 Å². The average Bonchev–Trinajstić information content (AvgIpc) is 2.42. The molecular formula is C12H15N3O5. The van der Waals surface area contributed by atoms with Gasteiger partial charge in [0.05, 0.1) is 11.5 Å². The second-order valence-corrected chi connectivity index (χ2v) is 3.95. The van der Waals surface area contributed by atoms with Gasteiger partial charge in [-0.3, -0.25) is 14.9 Å². The maximum absolute atomic E-state index is 11.7. The first-order chi connectivity index (χ1) is 9.45. The molecule has 0 aromatic heterocycles. The molecule has 0 aliphatic carbocycles. The monoisotopic (exact) mass is 281 g/mol. The van der Waals surface area contributed by atoms with Gasteiger partial charge in [-0.05, 0) is 6.92 Å². The van der Waals surface area contributed by atoms with Crippen LogP contribution in [-0.4, -0.2) is 40.0 Å². The predicted octanol–water partition coefficient (Wildman–Crippen LogP) is 1.21. The number of nitro benzene ring substituents is 1. The Morgan fingerprint density at radius 1 is 1.40 bits per heavy atom. The zero-order chi connectivity index (χ0) is 15.1. The standard InChI is InChI=1S/C12H15N3O5/c1-2-14(8-11(16)17)12(18)13-7-9-5-3-4-6-10(9)15(19)20/h3-6H,2,7-8H2,1H3,(H,13,18)(H,16,17). The number of carboxylic acids is 1. The van der Waals surface area contributed by atoms with Crippen molar-refractivity contribution < 1.29 is 19.6 Å². The van der Waals surface area contributed by atoms with Crippen LogP contribution in [0.4, 0.5) is 10.5 Å². The van der Waals surface area contributed by atoms with Gasteiger partial charge in [-0.15, -0.1) is 0 Å². The van der Waals surface area contributed by atoms with Crippen molar-refractivity contribution in [1.29, 1.82) is 0 Å². The van der Waals surface area contributed by atoms with Gasteiger partial charge in [-0.25, -0.2) is 4.79 Å². The first-order valence-electron chi connectivity index (χ1n) is 5.92. The molecule has 0 atom stereocenters. The van der Waals surface area contributed by atoms with Gasteiger partial charge < -0.3 is 15.3 Å². The maximum atomic E-state index is 11.7. The number of rotatable bonds is 6. The van der Waals surface area contributed by atoms with Crippen LogP contribution in [0.3, 0.4) is 0 Å². The molecule has 8 heteroatoms. The number of likely N-dealkylation sites (N-methyl/N-ethyl adjacent to an activating group) is 1. The van der Waals surface area contributed by atoms with Crippen molar-refractivity contribution >= 4 is 17.7 Å². The summed E-state index contributed by atoms with van der Waals surface area (Å²) in [7, 11) is 0. The fraction of sp³-hybridized carbons (Fsp3) is 0.333. The normalized spacial score (nSPS) is 9.85. The molecule has 0 saturated heterocycles. The van der Waals surface area contributed by atoms with E-state index in [9.17, 15) is 19.7 Å². The number of para-hydroxylation sites is 1. The highest BCUT2D eigenvalue weighted by atomic mass is 16.6. The van der Waals surface area contributed by atoms with Gasteiger partial charge in [-0.2, -0.15) is 0 Å². The van der Waals surface area contributed by atoms with Crippen LogP contribution < -0.4 is 5.32 Å². The summed E-state index contributed by atoms with van der Waals surface area (Å²) >= 11 is 0. The molecular weight excluding hydrogens is 266 g/mol. The number of benzene rings is 1. The van der Waals surface area contributed by atoms with E-state index in [4.69, 9.17) is 5.11 Å². The lowest BCUT2D eigenvalue weighted by Crippen LogP contribution is -2.42. The maximum Gasteiger partial charge on any atom is 0.323 e. The number of nitro groups is 1. The van der Waals surface area contributed by atoms with E-state index in [1.807, 2.05) is 0 Å². The molecule has 0 spiro atoms. The molecule has 0 saturated carbocycles. The molecule has 0 bridgehead atoms. The lowest BCUT2D eigenvalue weighted by atomic mass is 10.2. The number of carboxylic acid groups (broad SMARTS) is 1. The molecule has 0 aliphatic heterocycles. The highest BCUT2D eigenvalue weighted by molar-refractivity contribution is 5.80. The fourth-order valence-electron chi connectivity index (χ4n) is 1.61. The molecule has 0 fully saturated rings. The quantitative estimate of drug-likeness (QED) is 0.601. The number of nitrogens with zero attached hydrogens (tertiary/aromatic N) is 2. The van der Waals surface area contributed by atoms with Gasteiger partial charge in [0.2, 0.25) is 0 Å². The predicted molar refractivity (Wildman–Crippen MR) is 70.2 cm³/mol. The third-order valence-corrected chi connectivity index (χ3v) is 2.61. The molecule has 0 heterocycles. The summed E-state index contributed by atoms with van der Waals surface area (Å²) in [6.45, 7) is 1.42. The van der Waals surface area contributed by atoms with E-state index in [0.29, 0.717) is 5.56 Å². The number of carbonyl (C=O) groups is 2. The van der Waals surface area contributed by atoms with Gasteiger partial charge in [-0.1, -0.05) is 18.2 Å². The molecule has 2 N–H and O–H groups in total. The van der Waals surface area contributed by atoms with Crippen molar-refractivity contribution in [2.45, 2.75) is 13.5 Å². The van der Waals surface area contributed by atoms with Gasteiger partial charge in [0.25, 0.3) is 5.69 Å². The largest absolute Gasteiger partial charge is 0.480 e. The van der Waals surface area contributed by atoms with Crippen molar-refractivity contribution in [3.63, 3.8) is 0 Å². The van der Waals surface area contributed by atoms with E-state index >= 15 is 0 Å². The van der Waals surface area contributed by atoms with E-state index in [0.717, 1.165) is 4.90 Å².